The number of ether oxygens (including phenoxy) is 1. The number of aliphatic imine (C=N–C) groups is 1. The number of benzene rings is 1. The maximum absolute atomic E-state index is 5.15. The summed E-state index contributed by atoms with van der Waals surface area (Å²) in [4.78, 5) is 4.54. The van der Waals surface area contributed by atoms with E-state index in [0.29, 0.717) is 5.92 Å². The molecule has 0 aromatic heterocycles. The molecule has 15 heavy (non-hydrogen) atoms. The molecule has 0 spiro atoms. The predicted octanol–water partition coefficient (Wildman–Crippen LogP) is 3.83. The molecule has 1 rings (SSSR count). The Kier molecular flexibility index (Phi) is 4.35. The monoisotopic (exact) mass is 205 g/mol. The Labute approximate surface area is 92.0 Å². The minimum absolute atomic E-state index is 0.652. The van der Waals surface area contributed by atoms with Crippen LogP contribution in [0.3, 0.4) is 0 Å². The minimum atomic E-state index is 0.652. The molecule has 0 radical (unpaired) electrons. The van der Waals surface area contributed by atoms with Gasteiger partial charge in [-0.05, 0) is 31.4 Å². The van der Waals surface area contributed by atoms with Crippen LogP contribution >= 0.6 is 0 Å². The fraction of sp³-hybridized carbons (Fsp3) is 0.462. The first-order valence-corrected chi connectivity index (χ1v) is 5.30. The maximum atomic E-state index is 5.15. The van der Waals surface area contributed by atoms with Crippen molar-refractivity contribution < 1.29 is 4.74 Å². The molecule has 0 heterocycles. The third-order valence-electron chi connectivity index (χ3n) is 2.08. The van der Waals surface area contributed by atoms with E-state index in [1.54, 1.807) is 7.11 Å². The zero-order valence-corrected chi connectivity index (χ0v) is 9.95. The smallest absolute Gasteiger partial charge is 0.121 e. The van der Waals surface area contributed by atoms with E-state index < -0.39 is 0 Å². The highest BCUT2D eigenvalue weighted by atomic mass is 16.5. The summed E-state index contributed by atoms with van der Waals surface area (Å²) in [5.74, 6) is 1.51. The van der Waals surface area contributed by atoms with Crippen molar-refractivity contribution in [2.45, 2.75) is 27.2 Å². The van der Waals surface area contributed by atoms with Gasteiger partial charge in [-0.15, -0.1) is 0 Å². The van der Waals surface area contributed by atoms with Crippen LogP contribution in [-0.4, -0.2) is 12.8 Å². The molecule has 0 aliphatic carbocycles. The van der Waals surface area contributed by atoms with Gasteiger partial charge in [0.1, 0.15) is 5.75 Å². The molecule has 0 unspecified atom stereocenters. The van der Waals surface area contributed by atoms with Gasteiger partial charge >= 0.3 is 0 Å². The van der Waals surface area contributed by atoms with E-state index in [-0.39, 0.29) is 0 Å². The summed E-state index contributed by atoms with van der Waals surface area (Å²) in [6.07, 6.45) is 1.04. The summed E-state index contributed by atoms with van der Waals surface area (Å²) in [5.41, 5.74) is 2.13. The Balaban J connectivity index is 2.78. The van der Waals surface area contributed by atoms with Crippen LogP contribution in [0.2, 0.25) is 0 Å². The Morgan fingerprint density at radius 2 is 2.13 bits per heavy atom. The van der Waals surface area contributed by atoms with Gasteiger partial charge in [0, 0.05) is 11.8 Å². The van der Waals surface area contributed by atoms with Gasteiger partial charge < -0.3 is 4.74 Å². The summed E-state index contributed by atoms with van der Waals surface area (Å²) in [7, 11) is 1.67. The lowest BCUT2D eigenvalue weighted by Gasteiger charge is -2.05. The van der Waals surface area contributed by atoms with Gasteiger partial charge in [0.2, 0.25) is 0 Å². The first-order chi connectivity index (χ1) is 7.11. The number of methoxy groups -OCH3 is 1. The Hall–Kier alpha value is -1.31. The third kappa shape index (κ3) is 4.15. The maximum Gasteiger partial charge on any atom is 0.121 e. The number of hydrogen-bond donors (Lipinski definition) is 0. The lowest BCUT2D eigenvalue weighted by atomic mass is 10.1. The molecule has 0 aliphatic rings. The lowest BCUT2D eigenvalue weighted by molar-refractivity contribution is 0.415. The van der Waals surface area contributed by atoms with E-state index in [4.69, 9.17) is 4.74 Å². The fourth-order valence-corrected chi connectivity index (χ4v) is 1.54. The Morgan fingerprint density at radius 3 is 2.73 bits per heavy atom. The van der Waals surface area contributed by atoms with Gasteiger partial charge in [-0.3, -0.25) is 4.99 Å². The van der Waals surface area contributed by atoms with Crippen LogP contribution in [-0.2, 0) is 0 Å². The van der Waals surface area contributed by atoms with E-state index in [9.17, 15) is 0 Å². The quantitative estimate of drug-likeness (QED) is 0.684. The molecule has 0 N–H and O–H groups in total. The molecule has 0 atom stereocenters. The minimum Gasteiger partial charge on any atom is -0.497 e. The molecule has 0 bridgehead atoms. The van der Waals surface area contributed by atoms with Gasteiger partial charge in [0.05, 0.1) is 12.8 Å². The molecule has 2 heteroatoms. The molecule has 0 aliphatic heterocycles. The molecule has 1 aromatic carbocycles. The fourth-order valence-electron chi connectivity index (χ4n) is 1.54. The first kappa shape index (κ1) is 11.8. The van der Waals surface area contributed by atoms with Crippen LogP contribution in [0.15, 0.2) is 29.3 Å². The molecule has 0 saturated carbocycles. The predicted molar refractivity (Wildman–Crippen MR) is 65.2 cm³/mol. The summed E-state index contributed by atoms with van der Waals surface area (Å²) >= 11 is 0. The van der Waals surface area contributed by atoms with Gasteiger partial charge in [-0.2, -0.15) is 0 Å². The van der Waals surface area contributed by atoms with E-state index >= 15 is 0 Å². The van der Waals surface area contributed by atoms with Gasteiger partial charge in [0.15, 0.2) is 0 Å². The highest BCUT2D eigenvalue weighted by Gasteiger charge is 1.98. The van der Waals surface area contributed by atoms with Crippen molar-refractivity contribution in [1.82, 2.24) is 0 Å². The Morgan fingerprint density at radius 1 is 1.40 bits per heavy atom. The van der Waals surface area contributed by atoms with Crippen LogP contribution in [0.25, 0.3) is 0 Å². The van der Waals surface area contributed by atoms with Crippen molar-refractivity contribution in [1.29, 1.82) is 0 Å². The summed E-state index contributed by atoms with van der Waals surface area (Å²) < 4.78 is 5.15. The molecule has 0 amide bonds. The second-order valence-corrected chi connectivity index (χ2v) is 4.15. The Bertz CT molecular complexity index is 342. The number of rotatable bonds is 4. The van der Waals surface area contributed by atoms with E-state index in [1.807, 2.05) is 24.3 Å². The van der Waals surface area contributed by atoms with Crippen LogP contribution in [0.4, 0.5) is 5.69 Å². The van der Waals surface area contributed by atoms with Crippen molar-refractivity contribution in [2.24, 2.45) is 10.9 Å². The highest BCUT2D eigenvalue weighted by Crippen LogP contribution is 2.20. The lowest BCUT2D eigenvalue weighted by Crippen LogP contribution is -1.97. The van der Waals surface area contributed by atoms with Crippen molar-refractivity contribution >= 4 is 11.4 Å². The van der Waals surface area contributed by atoms with E-state index in [2.05, 4.69) is 25.8 Å². The largest absolute Gasteiger partial charge is 0.497 e. The standard InChI is InChI=1S/C13H19NO/c1-10(2)8-11(3)14-12-6-5-7-13(9-12)15-4/h5-7,9-10H,8H2,1-4H3. The van der Waals surface area contributed by atoms with Crippen LogP contribution in [0, 0.1) is 5.92 Å². The zero-order chi connectivity index (χ0) is 11.3. The van der Waals surface area contributed by atoms with Crippen molar-refractivity contribution in [2.75, 3.05) is 7.11 Å². The van der Waals surface area contributed by atoms with Crippen molar-refractivity contribution in [3.8, 4) is 5.75 Å². The van der Waals surface area contributed by atoms with Gasteiger partial charge in [0.25, 0.3) is 0 Å². The molecule has 0 fully saturated rings. The average Bonchev–Trinajstić information content (AvgIpc) is 2.16. The molecular weight excluding hydrogens is 186 g/mol. The summed E-state index contributed by atoms with van der Waals surface area (Å²) in [5, 5.41) is 0. The van der Waals surface area contributed by atoms with Crippen molar-refractivity contribution in [3.63, 3.8) is 0 Å². The zero-order valence-electron chi connectivity index (χ0n) is 9.95. The second-order valence-electron chi connectivity index (χ2n) is 4.15. The number of nitrogens with zero attached hydrogens (tertiary/aromatic N) is 1. The third-order valence-corrected chi connectivity index (χ3v) is 2.08. The van der Waals surface area contributed by atoms with Crippen LogP contribution in [0.1, 0.15) is 27.2 Å². The molecule has 0 saturated heterocycles. The van der Waals surface area contributed by atoms with E-state index in [0.717, 1.165) is 17.9 Å². The first-order valence-electron chi connectivity index (χ1n) is 5.30. The van der Waals surface area contributed by atoms with Crippen LogP contribution < -0.4 is 4.74 Å². The number of hydrogen-bond acceptors (Lipinski definition) is 2. The van der Waals surface area contributed by atoms with E-state index in [1.165, 1.54) is 5.71 Å². The topological polar surface area (TPSA) is 21.6 Å². The normalized spacial score (nSPS) is 11.9. The second kappa shape index (κ2) is 5.54. The summed E-state index contributed by atoms with van der Waals surface area (Å²) in [6.45, 7) is 6.47. The molecular formula is C13H19NO. The summed E-state index contributed by atoms with van der Waals surface area (Å²) in [6, 6.07) is 7.83. The van der Waals surface area contributed by atoms with Gasteiger partial charge in [-0.25, -0.2) is 0 Å². The van der Waals surface area contributed by atoms with Crippen molar-refractivity contribution in [3.05, 3.63) is 24.3 Å². The van der Waals surface area contributed by atoms with Gasteiger partial charge in [-0.1, -0.05) is 19.9 Å². The average molecular weight is 205 g/mol. The van der Waals surface area contributed by atoms with Crippen LogP contribution in [0.5, 0.6) is 5.75 Å². The SMILES string of the molecule is COc1cccc(N=C(C)CC(C)C)c1. The molecule has 1 aromatic rings. The highest BCUT2D eigenvalue weighted by molar-refractivity contribution is 5.84. The molecule has 2 nitrogen and oxygen atoms in total. The molecule has 82 valence electrons.